The number of thiophene rings is 6. The number of rotatable bonds is 16. The first-order valence-electron chi connectivity index (χ1n) is 30.1. The maximum absolute atomic E-state index is 12.8. The second-order valence-corrected chi connectivity index (χ2v) is 31.6. The van der Waals surface area contributed by atoms with E-state index in [-0.39, 0.29) is 29.5 Å². The lowest BCUT2D eigenvalue weighted by Crippen LogP contribution is -2.32. The highest BCUT2D eigenvalue weighted by Crippen LogP contribution is 2.57. The van der Waals surface area contributed by atoms with Crippen LogP contribution in [0.2, 0.25) is 0 Å². The summed E-state index contributed by atoms with van der Waals surface area (Å²) in [4.78, 5) is 78.9. The van der Waals surface area contributed by atoms with Gasteiger partial charge in [0, 0.05) is 85.6 Å². The van der Waals surface area contributed by atoms with Crippen LogP contribution in [0.4, 0.5) is 0 Å². The van der Waals surface area contributed by atoms with Crippen LogP contribution in [0.1, 0.15) is 189 Å². The SMILES string of the molecule is CC(C)CC1(c2nn[nH]n2)c2sc(C(=O)N(C)C)cc2CCc2cc(C(=O)N(C)C)sc21.CC(C)CC1(c2nn[nH]n2)c2sc(C(=O)N(C)C)cc2CCc2cc(C(=O)N(C)C)sc21.CC(C)CC1(c2nn[nH]n2)c2sc(OCO)cc2CCc2cc(C(=O)O)sc21. The second kappa shape index (κ2) is 27.2. The average molecular weight is 1370 g/mol. The van der Waals surface area contributed by atoms with Crippen molar-refractivity contribution in [1.82, 2.24) is 81.5 Å². The van der Waals surface area contributed by atoms with E-state index in [0.29, 0.717) is 65.2 Å². The van der Waals surface area contributed by atoms with Crippen LogP contribution in [0, 0.1) is 17.8 Å². The first-order valence-corrected chi connectivity index (χ1v) is 35.0. The molecule has 3 aliphatic rings. The number of H-pyrrole nitrogens is 3. The monoisotopic (exact) mass is 1360 g/mol. The van der Waals surface area contributed by atoms with Crippen molar-refractivity contribution < 1.29 is 38.9 Å². The van der Waals surface area contributed by atoms with Gasteiger partial charge in [-0.05, 0) is 145 Å². The summed E-state index contributed by atoms with van der Waals surface area (Å²) in [7, 11) is 14.1. The molecule has 3 aliphatic carbocycles. The molecule has 9 heterocycles. The van der Waals surface area contributed by atoms with Gasteiger partial charge < -0.3 is 34.5 Å². The summed E-state index contributed by atoms with van der Waals surface area (Å²) in [6, 6.07) is 11.8. The van der Waals surface area contributed by atoms with Gasteiger partial charge in [0.15, 0.2) is 29.3 Å². The summed E-state index contributed by atoms with van der Waals surface area (Å²) in [5.74, 6) is 1.66. The summed E-state index contributed by atoms with van der Waals surface area (Å²) in [6.07, 6.45) is 6.85. The summed E-state index contributed by atoms with van der Waals surface area (Å²) in [6.45, 7) is 12.5. The number of aliphatic hydroxyl groups excluding tert-OH is 1. The molecule has 0 saturated heterocycles. The fourth-order valence-corrected chi connectivity index (χ4v) is 21.2. The van der Waals surface area contributed by atoms with Gasteiger partial charge >= 0.3 is 5.97 Å². The van der Waals surface area contributed by atoms with Gasteiger partial charge in [-0.15, -0.1) is 98.6 Å². The van der Waals surface area contributed by atoms with Gasteiger partial charge in [0.2, 0.25) is 0 Å². The molecule has 24 nitrogen and oxygen atoms in total. The molecule has 0 fully saturated rings. The van der Waals surface area contributed by atoms with E-state index in [9.17, 15) is 34.2 Å². The van der Waals surface area contributed by atoms with Gasteiger partial charge in [-0.3, -0.25) is 19.2 Å². The topological polar surface area (TPSA) is 311 Å². The van der Waals surface area contributed by atoms with Gasteiger partial charge in [-0.2, -0.15) is 15.6 Å². The first kappa shape index (κ1) is 67.4. The van der Waals surface area contributed by atoms with Crippen LogP contribution < -0.4 is 4.74 Å². The third-order valence-electron chi connectivity index (χ3n) is 16.4. The van der Waals surface area contributed by atoms with Gasteiger partial charge in [0.05, 0.1) is 19.5 Å². The van der Waals surface area contributed by atoms with Gasteiger partial charge in [-0.25, -0.2) is 4.79 Å². The zero-order chi connectivity index (χ0) is 66.3. The third-order valence-corrected chi connectivity index (χ3v) is 24.2. The molecule has 0 aliphatic heterocycles. The summed E-state index contributed by atoms with van der Waals surface area (Å²) < 4.78 is 5.37. The summed E-state index contributed by atoms with van der Waals surface area (Å²) in [5, 5.41) is 65.3. The largest absolute Gasteiger partial charge is 0.477 e. The molecular formula is C62H76N16O8S6. The van der Waals surface area contributed by atoms with E-state index in [1.807, 2.05) is 30.3 Å². The number of aliphatic hydroxyl groups is 1. The number of carbonyl (C=O) groups is 5. The zero-order valence-electron chi connectivity index (χ0n) is 53.9. The Hall–Kier alpha value is -7.48. The minimum Gasteiger partial charge on any atom is -0.477 e. The number of nitrogens with one attached hydrogen (secondary N) is 3. The quantitative estimate of drug-likeness (QED) is 0.0563. The third kappa shape index (κ3) is 12.6. The smallest absolute Gasteiger partial charge is 0.345 e. The van der Waals surface area contributed by atoms with Crippen LogP contribution in [0.25, 0.3) is 0 Å². The second-order valence-electron chi connectivity index (χ2n) is 25.3. The van der Waals surface area contributed by atoms with Gasteiger partial charge in [0.1, 0.15) is 21.1 Å². The highest BCUT2D eigenvalue weighted by Gasteiger charge is 2.51. The Kier molecular flexibility index (Phi) is 20.0. The first-order chi connectivity index (χ1) is 43.7. The maximum Gasteiger partial charge on any atom is 0.345 e. The molecule has 5 N–H and O–H groups in total. The van der Waals surface area contributed by atoms with Crippen molar-refractivity contribution in [3.8, 4) is 5.06 Å². The molecule has 4 amide bonds. The number of aryl methyl sites for hydroxylation is 6. The van der Waals surface area contributed by atoms with Crippen molar-refractivity contribution in [3.63, 3.8) is 0 Å². The van der Waals surface area contributed by atoms with E-state index in [2.05, 4.69) is 103 Å². The van der Waals surface area contributed by atoms with Crippen LogP contribution in [0.5, 0.6) is 5.06 Å². The molecule has 1 unspecified atom stereocenters. The van der Waals surface area contributed by atoms with Gasteiger partial charge in [-0.1, -0.05) is 57.2 Å². The maximum atomic E-state index is 12.8. The number of hydrogen-bond donors (Lipinski definition) is 5. The van der Waals surface area contributed by atoms with E-state index in [1.165, 1.54) is 68.0 Å². The van der Waals surface area contributed by atoms with Crippen molar-refractivity contribution in [2.24, 2.45) is 17.8 Å². The highest BCUT2D eigenvalue weighted by molar-refractivity contribution is 7.17. The molecule has 92 heavy (non-hydrogen) atoms. The molecular weight excluding hydrogens is 1290 g/mol. The van der Waals surface area contributed by atoms with Crippen LogP contribution in [0.3, 0.4) is 0 Å². The van der Waals surface area contributed by atoms with Crippen LogP contribution in [0.15, 0.2) is 36.4 Å². The predicted molar refractivity (Wildman–Crippen MR) is 355 cm³/mol. The molecule has 0 spiro atoms. The average Bonchev–Trinajstić information content (AvgIpc) is 1.56. The predicted octanol–water partition coefficient (Wildman–Crippen LogP) is 9.24. The Labute approximate surface area is 556 Å². The van der Waals surface area contributed by atoms with Crippen LogP contribution in [-0.4, -0.2) is 184 Å². The van der Waals surface area contributed by atoms with Crippen molar-refractivity contribution in [3.05, 3.63) is 141 Å². The molecule has 12 rings (SSSR count). The fourth-order valence-electron chi connectivity index (χ4n) is 12.8. The number of tetrazole rings is 3. The number of nitrogens with zero attached hydrogens (tertiary/aromatic N) is 13. The standard InChI is InChI=1S/2C22H28N6O2S2.C18H20N4O4S2/c2*1-12(2)11-22(21-23-25-26-24-21)17-13(9-15(31-17)19(29)27(3)4)7-8-14-10-16(32-18(14)22)20(30)28(5)6;1-9(2)7-18(17-19-21-22-20-17)14-10(5-12(27-14)16(24)25)3-4-11-6-13(26-8-23)28-15(11)18/h2*9-10,12H,7-8,11H2,1-6H3,(H,23,24,25,26);5-6,9,23H,3-4,7-8H2,1-2H3,(H,24,25)(H,19,20,21,22). The Morgan fingerprint density at radius 2 is 0.685 bits per heavy atom. The Balaban J connectivity index is 0.000000152. The van der Waals surface area contributed by atoms with Crippen molar-refractivity contribution in [1.29, 1.82) is 0 Å². The van der Waals surface area contributed by atoms with E-state index in [4.69, 9.17) is 4.74 Å². The van der Waals surface area contributed by atoms with Crippen LogP contribution in [-0.2, 0) is 54.8 Å². The highest BCUT2D eigenvalue weighted by atomic mass is 32.1. The molecule has 0 radical (unpaired) electrons. The lowest BCUT2D eigenvalue weighted by Gasteiger charge is -2.32. The minimum absolute atomic E-state index is 0.00971. The van der Waals surface area contributed by atoms with Crippen molar-refractivity contribution in [2.45, 2.75) is 116 Å². The van der Waals surface area contributed by atoms with E-state index >= 15 is 0 Å². The minimum atomic E-state index is -0.930. The van der Waals surface area contributed by atoms with Gasteiger partial charge in [0.25, 0.3) is 23.6 Å². The fraction of sp³-hybridized carbons (Fsp3) is 0.484. The number of carboxylic acids is 1. The van der Waals surface area contributed by atoms with E-state index < -0.39 is 29.0 Å². The lowest BCUT2D eigenvalue weighted by atomic mass is 9.75. The number of carboxylic acid groups (broad SMARTS) is 1. The number of aromatic amines is 3. The molecule has 9 aromatic heterocycles. The number of ether oxygens (including phenoxy) is 1. The van der Waals surface area contributed by atoms with E-state index in [1.54, 1.807) is 82.0 Å². The number of hydrogen-bond acceptors (Lipinski definition) is 22. The summed E-state index contributed by atoms with van der Waals surface area (Å²) in [5.41, 5.74) is 4.69. The number of amides is 4. The van der Waals surface area contributed by atoms with Crippen LogP contribution >= 0.6 is 68.0 Å². The normalized spacial score (nSPS) is 15.8. The number of fused-ring (bicyclic) bond motifs is 6. The van der Waals surface area contributed by atoms with Crippen molar-refractivity contribution in [2.75, 3.05) is 63.2 Å². The molecule has 30 heteroatoms. The molecule has 0 aromatic carbocycles. The molecule has 9 aromatic rings. The molecule has 488 valence electrons. The molecule has 0 saturated carbocycles. The molecule has 1 atom stereocenters. The van der Waals surface area contributed by atoms with Crippen molar-refractivity contribution >= 4 is 97.6 Å². The van der Waals surface area contributed by atoms with E-state index in [0.717, 1.165) is 114 Å². The number of carbonyl (C=O) groups excluding carboxylic acids is 4. The number of aromatic carboxylic acids is 1. The Bertz CT molecular complexity index is 3800. The Morgan fingerprint density at radius 1 is 0.435 bits per heavy atom. The zero-order valence-corrected chi connectivity index (χ0v) is 58.8. The summed E-state index contributed by atoms with van der Waals surface area (Å²) >= 11 is 8.82. The Morgan fingerprint density at radius 3 is 0.913 bits per heavy atom. The lowest BCUT2D eigenvalue weighted by molar-refractivity contribution is 0.0700. The molecule has 0 bridgehead atoms. The number of aromatic nitrogens is 12.